The van der Waals surface area contributed by atoms with Gasteiger partial charge in [0.05, 0.1) is 29.9 Å². The molecule has 2 atom stereocenters. The molecule has 4 rings (SSSR count). The van der Waals surface area contributed by atoms with Crippen LogP contribution in [-0.4, -0.2) is 50.1 Å². The normalized spacial score (nSPS) is 20.8. The first-order valence-electron chi connectivity index (χ1n) is 8.07. The van der Waals surface area contributed by atoms with Crippen LogP contribution in [0.2, 0.25) is 0 Å². The van der Waals surface area contributed by atoms with E-state index in [0.717, 1.165) is 5.52 Å². The van der Waals surface area contributed by atoms with Crippen LogP contribution in [0.1, 0.15) is 35.2 Å². The molecule has 0 radical (unpaired) electrons. The van der Waals surface area contributed by atoms with Crippen molar-refractivity contribution in [2.45, 2.75) is 26.1 Å². The van der Waals surface area contributed by atoms with Gasteiger partial charge in [-0.2, -0.15) is 4.98 Å². The lowest BCUT2D eigenvalue weighted by atomic mass is 10.2. The van der Waals surface area contributed by atoms with Crippen molar-refractivity contribution >= 4 is 16.9 Å². The fourth-order valence-corrected chi connectivity index (χ4v) is 2.92. The Morgan fingerprint density at radius 3 is 2.76 bits per heavy atom. The number of aromatic nitrogens is 4. The highest BCUT2D eigenvalue weighted by atomic mass is 16.5. The van der Waals surface area contributed by atoms with Crippen molar-refractivity contribution in [2.75, 3.05) is 13.1 Å². The second-order valence-electron chi connectivity index (χ2n) is 6.07. The standard InChI is InChI=1S/C17H17N5O3/c1-10-8-22(9-15(24-10)16-19-11(2)21-25-16)17(23)14-7-18-12-5-3-4-6-13(12)20-14/h3-7,10,15H,8-9H2,1-2H3/t10-,15-/m1/s1. The second kappa shape index (κ2) is 6.21. The molecule has 1 aliphatic rings. The van der Waals surface area contributed by atoms with Gasteiger partial charge in [0.25, 0.3) is 11.8 Å². The van der Waals surface area contributed by atoms with Crippen molar-refractivity contribution in [3.05, 3.63) is 47.9 Å². The maximum absolute atomic E-state index is 12.9. The third-order valence-electron chi connectivity index (χ3n) is 4.03. The van der Waals surface area contributed by atoms with Crippen LogP contribution >= 0.6 is 0 Å². The highest BCUT2D eigenvalue weighted by molar-refractivity contribution is 5.93. The van der Waals surface area contributed by atoms with E-state index in [1.165, 1.54) is 6.20 Å². The first-order chi connectivity index (χ1) is 12.1. The SMILES string of the molecule is Cc1noc([C@H]2CN(C(=O)c3cnc4ccccc4n3)C[C@@H](C)O2)n1. The number of fused-ring (bicyclic) bond motifs is 1. The number of amides is 1. The minimum Gasteiger partial charge on any atom is -0.362 e. The Morgan fingerprint density at radius 2 is 2.00 bits per heavy atom. The van der Waals surface area contributed by atoms with Crippen LogP contribution in [0, 0.1) is 6.92 Å². The molecule has 1 amide bonds. The summed E-state index contributed by atoms with van der Waals surface area (Å²) in [6.45, 7) is 4.45. The molecule has 1 aliphatic heterocycles. The summed E-state index contributed by atoms with van der Waals surface area (Å²) in [5.41, 5.74) is 1.76. The molecule has 1 saturated heterocycles. The third-order valence-corrected chi connectivity index (χ3v) is 4.03. The maximum Gasteiger partial charge on any atom is 0.274 e. The molecular weight excluding hydrogens is 322 g/mol. The number of carbonyl (C=O) groups excluding carboxylic acids is 1. The average molecular weight is 339 g/mol. The van der Waals surface area contributed by atoms with E-state index in [0.29, 0.717) is 36.0 Å². The Bertz CT molecular complexity index is 925. The van der Waals surface area contributed by atoms with E-state index in [-0.39, 0.29) is 12.0 Å². The Labute approximate surface area is 143 Å². The van der Waals surface area contributed by atoms with Crippen LogP contribution in [0.25, 0.3) is 11.0 Å². The van der Waals surface area contributed by atoms with Crippen LogP contribution < -0.4 is 0 Å². The van der Waals surface area contributed by atoms with Gasteiger partial charge in [0.2, 0.25) is 0 Å². The van der Waals surface area contributed by atoms with E-state index in [2.05, 4.69) is 20.1 Å². The van der Waals surface area contributed by atoms with E-state index < -0.39 is 6.10 Å². The summed E-state index contributed by atoms with van der Waals surface area (Å²) in [7, 11) is 0. The van der Waals surface area contributed by atoms with Gasteiger partial charge in [0, 0.05) is 6.54 Å². The lowest BCUT2D eigenvalue weighted by Crippen LogP contribution is -2.46. The molecule has 8 heteroatoms. The monoisotopic (exact) mass is 339 g/mol. The van der Waals surface area contributed by atoms with E-state index >= 15 is 0 Å². The smallest absolute Gasteiger partial charge is 0.274 e. The number of morpholine rings is 1. The van der Waals surface area contributed by atoms with E-state index in [9.17, 15) is 4.79 Å². The number of benzene rings is 1. The first kappa shape index (κ1) is 15.6. The molecule has 1 fully saturated rings. The molecule has 0 aliphatic carbocycles. The molecule has 1 aromatic carbocycles. The number of carbonyl (C=O) groups is 1. The van der Waals surface area contributed by atoms with Gasteiger partial charge in [-0.05, 0) is 26.0 Å². The maximum atomic E-state index is 12.9. The molecule has 128 valence electrons. The van der Waals surface area contributed by atoms with Gasteiger partial charge in [0.1, 0.15) is 5.69 Å². The fraction of sp³-hybridized carbons (Fsp3) is 0.353. The highest BCUT2D eigenvalue weighted by Crippen LogP contribution is 2.25. The summed E-state index contributed by atoms with van der Waals surface area (Å²) in [6, 6.07) is 7.46. The lowest BCUT2D eigenvalue weighted by molar-refractivity contribution is -0.0811. The largest absolute Gasteiger partial charge is 0.362 e. The summed E-state index contributed by atoms with van der Waals surface area (Å²) < 4.78 is 11.0. The topological polar surface area (TPSA) is 94.2 Å². The Morgan fingerprint density at radius 1 is 1.20 bits per heavy atom. The molecule has 0 spiro atoms. The van der Waals surface area contributed by atoms with Crippen molar-refractivity contribution in [3.8, 4) is 0 Å². The molecule has 3 aromatic rings. The van der Waals surface area contributed by atoms with Crippen molar-refractivity contribution in [1.82, 2.24) is 25.0 Å². The molecule has 0 unspecified atom stereocenters. The molecule has 0 saturated carbocycles. The third kappa shape index (κ3) is 3.08. The lowest BCUT2D eigenvalue weighted by Gasteiger charge is -2.35. The van der Waals surface area contributed by atoms with Gasteiger partial charge < -0.3 is 14.2 Å². The summed E-state index contributed by atoms with van der Waals surface area (Å²) in [6.07, 6.45) is 0.919. The molecule has 8 nitrogen and oxygen atoms in total. The minimum atomic E-state index is -0.442. The van der Waals surface area contributed by atoms with Gasteiger partial charge in [-0.3, -0.25) is 9.78 Å². The van der Waals surface area contributed by atoms with Gasteiger partial charge in [-0.25, -0.2) is 4.98 Å². The van der Waals surface area contributed by atoms with E-state index in [1.54, 1.807) is 11.8 Å². The number of nitrogens with zero attached hydrogens (tertiary/aromatic N) is 5. The summed E-state index contributed by atoms with van der Waals surface area (Å²) in [5.74, 6) is 0.733. The summed E-state index contributed by atoms with van der Waals surface area (Å²) in [5, 5.41) is 3.79. The van der Waals surface area contributed by atoms with Crippen molar-refractivity contribution in [3.63, 3.8) is 0 Å². The number of hydrogen-bond donors (Lipinski definition) is 0. The van der Waals surface area contributed by atoms with Gasteiger partial charge in [-0.1, -0.05) is 17.3 Å². The molecule has 0 N–H and O–H groups in total. The fourth-order valence-electron chi connectivity index (χ4n) is 2.92. The number of para-hydroxylation sites is 2. The Hall–Kier alpha value is -2.87. The summed E-state index contributed by atoms with van der Waals surface area (Å²) >= 11 is 0. The zero-order valence-electron chi connectivity index (χ0n) is 13.9. The minimum absolute atomic E-state index is 0.150. The van der Waals surface area contributed by atoms with Crippen molar-refractivity contribution in [2.24, 2.45) is 0 Å². The van der Waals surface area contributed by atoms with Crippen LogP contribution in [0.3, 0.4) is 0 Å². The molecule has 3 heterocycles. The average Bonchev–Trinajstić information content (AvgIpc) is 3.06. The Balaban J connectivity index is 1.59. The van der Waals surface area contributed by atoms with Crippen LogP contribution in [0.15, 0.2) is 35.0 Å². The predicted octanol–water partition coefficient (Wildman–Crippen LogP) is 1.92. The molecule has 2 aromatic heterocycles. The number of ether oxygens (including phenoxy) is 1. The Kier molecular flexibility index (Phi) is 3.89. The van der Waals surface area contributed by atoms with Gasteiger partial charge >= 0.3 is 0 Å². The van der Waals surface area contributed by atoms with Gasteiger partial charge in [0.15, 0.2) is 11.9 Å². The second-order valence-corrected chi connectivity index (χ2v) is 6.07. The highest BCUT2D eigenvalue weighted by Gasteiger charge is 2.33. The first-order valence-corrected chi connectivity index (χ1v) is 8.07. The number of hydrogen-bond acceptors (Lipinski definition) is 7. The van der Waals surface area contributed by atoms with E-state index in [1.807, 2.05) is 31.2 Å². The van der Waals surface area contributed by atoms with Gasteiger partial charge in [-0.15, -0.1) is 0 Å². The summed E-state index contributed by atoms with van der Waals surface area (Å²) in [4.78, 5) is 27.5. The van der Waals surface area contributed by atoms with Crippen molar-refractivity contribution < 1.29 is 14.1 Å². The molecule has 0 bridgehead atoms. The van der Waals surface area contributed by atoms with Crippen LogP contribution in [-0.2, 0) is 4.74 Å². The van der Waals surface area contributed by atoms with Crippen LogP contribution in [0.5, 0.6) is 0 Å². The molecule has 25 heavy (non-hydrogen) atoms. The predicted molar refractivity (Wildman–Crippen MR) is 87.8 cm³/mol. The quantitative estimate of drug-likeness (QED) is 0.704. The molecular formula is C17H17N5O3. The van der Waals surface area contributed by atoms with Crippen molar-refractivity contribution in [1.29, 1.82) is 0 Å². The zero-order valence-corrected chi connectivity index (χ0v) is 13.9. The zero-order chi connectivity index (χ0) is 17.4. The van der Waals surface area contributed by atoms with Crippen LogP contribution in [0.4, 0.5) is 0 Å². The number of aryl methyl sites for hydroxylation is 1. The number of rotatable bonds is 2. The van der Waals surface area contributed by atoms with E-state index in [4.69, 9.17) is 9.26 Å².